The average molecular weight is 253 g/mol. The third-order valence-electron chi connectivity index (χ3n) is 2.15. The van der Waals surface area contributed by atoms with E-state index in [0.29, 0.717) is 12.8 Å². The lowest BCUT2D eigenvalue weighted by molar-refractivity contribution is -0.385. The molecule has 6 heteroatoms. The van der Waals surface area contributed by atoms with Crippen LogP contribution < -0.4 is 4.74 Å². The van der Waals surface area contributed by atoms with Crippen LogP contribution >= 0.6 is 0 Å². The van der Waals surface area contributed by atoms with Crippen LogP contribution in [0, 0.1) is 27.8 Å². The van der Waals surface area contributed by atoms with Crippen molar-refractivity contribution < 1.29 is 19.2 Å². The summed E-state index contributed by atoms with van der Waals surface area (Å²) >= 11 is 0. The molecule has 0 bridgehead atoms. The maximum Gasteiger partial charge on any atom is 0.312 e. The minimum Gasteiger partial charge on any atom is -0.490 e. The van der Waals surface area contributed by atoms with Gasteiger partial charge in [-0.05, 0) is 6.42 Å². The minimum atomic E-state index is -0.672. The molecule has 18 heavy (non-hydrogen) atoms. The molecule has 1 N–H and O–H groups in total. The number of hydrogen-bond acceptors (Lipinski definition) is 4. The van der Waals surface area contributed by atoms with E-state index < -0.39 is 10.7 Å². The van der Waals surface area contributed by atoms with E-state index in [-0.39, 0.29) is 23.6 Å². The number of halogens is 1. The Labute approximate surface area is 103 Å². The number of aliphatic hydroxyl groups is 1. The van der Waals surface area contributed by atoms with Crippen molar-refractivity contribution in [2.45, 2.75) is 12.8 Å². The van der Waals surface area contributed by atoms with Crippen molar-refractivity contribution in [3.63, 3.8) is 0 Å². The molecule has 0 radical (unpaired) electrons. The van der Waals surface area contributed by atoms with Crippen LogP contribution in [-0.4, -0.2) is 23.7 Å². The third kappa shape index (κ3) is 3.43. The minimum absolute atomic E-state index is 0.0000769. The first kappa shape index (κ1) is 13.9. The Balaban J connectivity index is 3.08. The average Bonchev–Trinajstić information content (AvgIpc) is 2.35. The molecule has 0 saturated carbocycles. The zero-order valence-corrected chi connectivity index (χ0v) is 9.77. The van der Waals surface area contributed by atoms with Crippen LogP contribution in [0.5, 0.6) is 5.75 Å². The molecule has 1 aromatic carbocycles. The zero-order valence-electron chi connectivity index (χ0n) is 9.77. The number of nitro benzene ring substituents is 1. The molecule has 0 heterocycles. The van der Waals surface area contributed by atoms with Crippen LogP contribution in [0.1, 0.15) is 18.4 Å². The third-order valence-corrected chi connectivity index (χ3v) is 2.15. The highest BCUT2D eigenvalue weighted by Gasteiger charge is 2.18. The van der Waals surface area contributed by atoms with Gasteiger partial charge in [-0.25, -0.2) is 4.39 Å². The number of aliphatic hydroxyl groups excluding tert-OH is 1. The van der Waals surface area contributed by atoms with Crippen LogP contribution in [0.15, 0.2) is 12.1 Å². The quantitative estimate of drug-likeness (QED) is 0.385. The number of hydrogen-bond donors (Lipinski definition) is 1. The Morgan fingerprint density at radius 3 is 2.83 bits per heavy atom. The molecule has 0 aromatic heterocycles. The summed E-state index contributed by atoms with van der Waals surface area (Å²) in [5.74, 6) is 4.32. The predicted octanol–water partition coefficient (Wildman–Crippen LogP) is 1.87. The fourth-order valence-corrected chi connectivity index (χ4v) is 1.27. The summed E-state index contributed by atoms with van der Waals surface area (Å²) in [6.45, 7) is -0.0000769. The van der Waals surface area contributed by atoms with E-state index in [1.807, 2.05) is 0 Å². The molecule has 5 nitrogen and oxygen atoms in total. The van der Waals surface area contributed by atoms with E-state index in [9.17, 15) is 14.5 Å². The van der Waals surface area contributed by atoms with E-state index in [1.54, 1.807) is 0 Å². The monoisotopic (exact) mass is 253 g/mol. The van der Waals surface area contributed by atoms with E-state index in [1.165, 1.54) is 7.11 Å². The molecule has 0 aliphatic heterocycles. The first-order valence-corrected chi connectivity index (χ1v) is 5.21. The highest BCUT2D eigenvalue weighted by Crippen LogP contribution is 2.29. The highest BCUT2D eigenvalue weighted by molar-refractivity contribution is 5.53. The number of benzene rings is 1. The molecule has 0 unspecified atom stereocenters. The molecule has 0 aliphatic carbocycles. The molecule has 1 rings (SSSR count). The fraction of sp³-hybridized carbons (Fsp3) is 0.333. The smallest absolute Gasteiger partial charge is 0.312 e. The number of unbranched alkanes of at least 4 members (excludes halogenated alkanes) is 1. The molecule has 0 saturated heterocycles. The lowest BCUT2D eigenvalue weighted by Gasteiger charge is -2.02. The predicted molar refractivity (Wildman–Crippen MR) is 62.8 cm³/mol. The van der Waals surface area contributed by atoms with Gasteiger partial charge >= 0.3 is 5.69 Å². The lowest BCUT2D eigenvalue weighted by Crippen LogP contribution is -1.96. The van der Waals surface area contributed by atoms with Crippen molar-refractivity contribution in [2.24, 2.45) is 0 Å². The number of nitrogens with zero attached hydrogens (tertiary/aromatic N) is 1. The van der Waals surface area contributed by atoms with Crippen molar-refractivity contribution in [3.05, 3.63) is 33.6 Å². The number of ether oxygens (including phenoxy) is 1. The van der Waals surface area contributed by atoms with Crippen LogP contribution in [-0.2, 0) is 0 Å². The van der Waals surface area contributed by atoms with Crippen molar-refractivity contribution in [3.8, 4) is 17.6 Å². The first-order chi connectivity index (χ1) is 8.60. The largest absolute Gasteiger partial charge is 0.490 e. The first-order valence-electron chi connectivity index (χ1n) is 5.21. The topological polar surface area (TPSA) is 72.6 Å². The Bertz CT molecular complexity index is 505. The van der Waals surface area contributed by atoms with E-state index in [2.05, 4.69) is 11.8 Å². The number of rotatable bonds is 4. The fourth-order valence-electron chi connectivity index (χ4n) is 1.27. The lowest BCUT2D eigenvalue weighted by atomic mass is 10.1. The van der Waals surface area contributed by atoms with Gasteiger partial charge in [0.25, 0.3) is 0 Å². The standard InChI is InChI=1S/C12H12FNO4/c1-18-12-8-10(13)9(5-3-2-4-6-15)7-11(12)14(16)17/h7-8,15H,2,4,6H2,1H3. The highest BCUT2D eigenvalue weighted by atomic mass is 19.1. The zero-order chi connectivity index (χ0) is 13.5. The Morgan fingerprint density at radius 1 is 1.56 bits per heavy atom. The summed E-state index contributed by atoms with van der Waals surface area (Å²) in [7, 11) is 1.23. The van der Waals surface area contributed by atoms with Gasteiger partial charge < -0.3 is 9.84 Å². The van der Waals surface area contributed by atoms with E-state index in [0.717, 1.165) is 12.1 Å². The van der Waals surface area contributed by atoms with Crippen molar-refractivity contribution in [1.29, 1.82) is 0 Å². The summed E-state index contributed by atoms with van der Waals surface area (Å²) in [6.07, 6.45) is 0.878. The van der Waals surface area contributed by atoms with Crippen LogP contribution in [0.25, 0.3) is 0 Å². The second-order valence-corrected chi connectivity index (χ2v) is 3.39. The van der Waals surface area contributed by atoms with Crippen molar-refractivity contribution in [1.82, 2.24) is 0 Å². The Morgan fingerprint density at radius 2 is 2.28 bits per heavy atom. The van der Waals surface area contributed by atoms with Gasteiger partial charge in [0.05, 0.1) is 17.6 Å². The van der Waals surface area contributed by atoms with Gasteiger partial charge in [0.15, 0.2) is 5.75 Å². The van der Waals surface area contributed by atoms with Crippen molar-refractivity contribution in [2.75, 3.05) is 13.7 Å². The maximum atomic E-state index is 13.5. The Kier molecular flexibility index (Phi) is 5.08. The second kappa shape index (κ2) is 6.57. The van der Waals surface area contributed by atoms with Crippen LogP contribution in [0.4, 0.5) is 10.1 Å². The van der Waals surface area contributed by atoms with Gasteiger partial charge in [0.1, 0.15) is 5.82 Å². The summed E-state index contributed by atoms with van der Waals surface area (Å²) in [4.78, 5) is 10.1. The maximum absolute atomic E-state index is 13.5. The SMILES string of the molecule is COc1cc(F)c(C#CCCCO)cc1[N+](=O)[O-]. The van der Waals surface area contributed by atoms with Gasteiger partial charge in [-0.1, -0.05) is 11.8 Å². The molecule has 0 amide bonds. The number of nitro groups is 1. The van der Waals surface area contributed by atoms with Gasteiger partial charge in [0.2, 0.25) is 0 Å². The Hall–Kier alpha value is -2.13. The molecule has 0 aliphatic rings. The number of methoxy groups -OCH3 is 1. The summed E-state index contributed by atoms with van der Waals surface area (Å²) in [5, 5.41) is 19.3. The molecule has 0 fully saturated rings. The molecule has 0 spiro atoms. The van der Waals surface area contributed by atoms with Gasteiger partial charge in [-0.3, -0.25) is 10.1 Å². The van der Waals surface area contributed by atoms with Gasteiger partial charge in [-0.2, -0.15) is 0 Å². The van der Waals surface area contributed by atoms with Crippen molar-refractivity contribution >= 4 is 5.69 Å². The molecule has 1 aromatic rings. The molecule has 96 valence electrons. The van der Waals surface area contributed by atoms with Crippen LogP contribution in [0.2, 0.25) is 0 Å². The molecular formula is C12H12FNO4. The van der Waals surface area contributed by atoms with E-state index in [4.69, 9.17) is 9.84 Å². The molecular weight excluding hydrogens is 241 g/mol. The van der Waals surface area contributed by atoms with Crippen LogP contribution in [0.3, 0.4) is 0 Å². The summed E-state index contributed by atoms with van der Waals surface area (Å²) in [6, 6.07) is 1.98. The van der Waals surface area contributed by atoms with Gasteiger partial charge in [-0.15, -0.1) is 0 Å². The summed E-state index contributed by atoms with van der Waals surface area (Å²) < 4.78 is 18.3. The second-order valence-electron chi connectivity index (χ2n) is 3.39. The summed E-state index contributed by atoms with van der Waals surface area (Å²) in [5.41, 5.74) is -0.384. The van der Waals surface area contributed by atoms with Gasteiger partial charge in [0, 0.05) is 25.2 Å². The normalized spacial score (nSPS) is 9.50. The molecule has 0 atom stereocenters. The van der Waals surface area contributed by atoms with E-state index >= 15 is 0 Å².